The summed E-state index contributed by atoms with van der Waals surface area (Å²) in [6.07, 6.45) is -0.677. The monoisotopic (exact) mass is 450 g/mol. The Morgan fingerprint density at radius 2 is 1.67 bits per heavy atom. The fourth-order valence-electron chi connectivity index (χ4n) is 3.63. The topological polar surface area (TPSA) is 92.8 Å². The Labute approximate surface area is 194 Å². The normalized spacial score (nSPS) is 16.9. The number of amides is 2. The second-order valence-corrected chi connectivity index (χ2v) is 9.24. The number of rotatable bonds is 7. The van der Waals surface area contributed by atoms with Crippen molar-refractivity contribution in [2.24, 2.45) is 5.92 Å². The SMILES string of the molecule is CC[C@H](OC(=O)[C@H]1CC(=O)N(NC(=O)c2ccc(C(C)(C)C)cc2)C1)C(=O)c1ccccc1. The van der Waals surface area contributed by atoms with Crippen LogP contribution in [0.2, 0.25) is 0 Å². The lowest BCUT2D eigenvalue weighted by Gasteiger charge is -2.20. The number of hydrazine groups is 1. The first kappa shape index (κ1) is 24.2. The Morgan fingerprint density at radius 3 is 2.24 bits per heavy atom. The lowest BCUT2D eigenvalue weighted by atomic mass is 9.87. The standard InChI is InChI=1S/C26H30N2O5/c1-5-21(23(30)17-9-7-6-8-10-17)33-25(32)19-15-22(29)28(16-19)27-24(31)18-11-13-20(14-12-18)26(2,3)4/h6-14,19,21H,5,15-16H2,1-4H3,(H,27,31)/t19-,21-/m0/s1. The fraction of sp³-hybridized carbons (Fsp3) is 0.385. The predicted octanol–water partition coefficient (Wildman–Crippen LogP) is 3.68. The Kier molecular flexibility index (Phi) is 7.31. The third-order valence-corrected chi connectivity index (χ3v) is 5.69. The van der Waals surface area contributed by atoms with E-state index in [-0.39, 0.29) is 30.1 Å². The van der Waals surface area contributed by atoms with E-state index in [0.29, 0.717) is 17.5 Å². The van der Waals surface area contributed by atoms with Gasteiger partial charge in [-0.05, 0) is 29.5 Å². The van der Waals surface area contributed by atoms with Crippen LogP contribution in [0.25, 0.3) is 0 Å². The molecular weight excluding hydrogens is 420 g/mol. The average Bonchev–Trinajstić information content (AvgIpc) is 3.17. The van der Waals surface area contributed by atoms with Crippen LogP contribution in [0.4, 0.5) is 0 Å². The van der Waals surface area contributed by atoms with Crippen LogP contribution in [0.1, 0.15) is 66.8 Å². The predicted molar refractivity (Wildman–Crippen MR) is 123 cm³/mol. The van der Waals surface area contributed by atoms with Crippen LogP contribution in [0.15, 0.2) is 54.6 Å². The molecule has 0 spiro atoms. The molecular formula is C26H30N2O5. The minimum absolute atomic E-state index is 0.000552. The molecule has 1 aliphatic heterocycles. The minimum Gasteiger partial charge on any atom is -0.454 e. The summed E-state index contributed by atoms with van der Waals surface area (Å²) in [5, 5.41) is 1.14. The van der Waals surface area contributed by atoms with Gasteiger partial charge in [-0.2, -0.15) is 0 Å². The highest BCUT2D eigenvalue weighted by atomic mass is 16.5. The van der Waals surface area contributed by atoms with Gasteiger partial charge in [-0.25, -0.2) is 0 Å². The number of carbonyl (C=O) groups is 4. The van der Waals surface area contributed by atoms with Crippen LogP contribution in [0, 0.1) is 5.92 Å². The number of nitrogens with zero attached hydrogens (tertiary/aromatic N) is 1. The Morgan fingerprint density at radius 1 is 1.03 bits per heavy atom. The van der Waals surface area contributed by atoms with E-state index in [0.717, 1.165) is 10.6 Å². The van der Waals surface area contributed by atoms with Gasteiger partial charge in [-0.1, -0.05) is 70.2 Å². The zero-order valence-corrected chi connectivity index (χ0v) is 19.5. The molecule has 0 aliphatic carbocycles. The number of ether oxygens (including phenoxy) is 1. The van der Waals surface area contributed by atoms with Crippen molar-refractivity contribution < 1.29 is 23.9 Å². The number of benzene rings is 2. The average molecular weight is 451 g/mol. The van der Waals surface area contributed by atoms with Crippen LogP contribution >= 0.6 is 0 Å². The zero-order valence-electron chi connectivity index (χ0n) is 19.5. The van der Waals surface area contributed by atoms with Gasteiger partial charge in [0, 0.05) is 17.5 Å². The van der Waals surface area contributed by atoms with Gasteiger partial charge in [0.2, 0.25) is 11.7 Å². The summed E-state index contributed by atoms with van der Waals surface area (Å²) >= 11 is 0. The summed E-state index contributed by atoms with van der Waals surface area (Å²) in [5.41, 5.74) is 4.51. The third kappa shape index (κ3) is 5.86. The number of ketones is 1. The van der Waals surface area contributed by atoms with E-state index < -0.39 is 23.9 Å². The molecule has 0 unspecified atom stereocenters. The van der Waals surface area contributed by atoms with Crippen LogP contribution in [-0.4, -0.2) is 41.2 Å². The van der Waals surface area contributed by atoms with Gasteiger partial charge in [0.05, 0.1) is 12.5 Å². The molecule has 2 aromatic carbocycles. The smallest absolute Gasteiger partial charge is 0.312 e. The van der Waals surface area contributed by atoms with Gasteiger partial charge >= 0.3 is 5.97 Å². The summed E-state index contributed by atoms with van der Waals surface area (Å²) in [6, 6.07) is 15.8. The first-order chi connectivity index (χ1) is 15.6. The summed E-state index contributed by atoms with van der Waals surface area (Å²) in [6.45, 7) is 8.01. The van der Waals surface area contributed by atoms with E-state index in [2.05, 4.69) is 26.2 Å². The molecule has 1 saturated heterocycles. The second-order valence-electron chi connectivity index (χ2n) is 9.24. The van der Waals surface area contributed by atoms with Crippen LogP contribution < -0.4 is 5.43 Å². The first-order valence-electron chi connectivity index (χ1n) is 11.1. The van der Waals surface area contributed by atoms with Crippen molar-refractivity contribution >= 4 is 23.6 Å². The largest absolute Gasteiger partial charge is 0.454 e. The number of hydrogen-bond donors (Lipinski definition) is 1. The van der Waals surface area contributed by atoms with Crippen molar-refractivity contribution in [2.75, 3.05) is 6.54 Å². The van der Waals surface area contributed by atoms with Crippen molar-refractivity contribution in [3.63, 3.8) is 0 Å². The quantitative estimate of drug-likeness (QED) is 0.513. The molecule has 2 atom stereocenters. The maximum absolute atomic E-state index is 12.7. The van der Waals surface area contributed by atoms with Crippen LogP contribution in [0.3, 0.4) is 0 Å². The van der Waals surface area contributed by atoms with E-state index in [1.165, 1.54) is 0 Å². The van der Waals surface area contributed by atoms with Crippen molar-refractivity contribution in [1.82, 2.24) is 10.4 Å². The number of nitrogens with one attached hydrogen (secondary N) is 1. The maximum atomic E-state index is 12.7. The van der Waals surface area contributed by atoms with E-state index >= 15 is 0 Å². The fourth-order valence-corrected chi connectivity index (χ4v) is 3.63. The molecule has 0 radical (unpaired) electrons. The molecule has 0 aromatic heterocycles. The van der Waals surface area contributed by atoms with Crippen LogP contribution in [0.5, 0.6) is 0 Å². The van der Waals surface area contributed by atoms with Crippen molar-refractivity contribution in [3.05, 3.63) is 71.3 Å². The Hall–Kier alpha value is -3.48. The third-order valence-electron chi connectivity index (χ3n) is 5.69. The first-order valence-corrected chi connectivity index (χ1v) is 11.1. The van der Waals surface area contributed by atoms with Gasteiger partial charge in [0.25, 0.3) is 5.91 Å². The minimum atomic E-state index is -0.917. The molecule has 1 aliphatic rings. The molecule has 0 bridgehead atoms. The van der Waals surface area contributed by atoms with Gasteiger partial charge < -0.3 is 4.74 Å². The molecule has 1 N–H and O–H groups in total. The Balaban J connectivity index is 1.59. The number of carbonyl (C=O) groups excluding carboxylic acids is 4. The molecule has 33 heavy (non-hydrogen) atoms. The van der Waals surface area contributed by atoms with E-state index in [1.54, 1.807) is 49.4 Å². The molecule has 7 nitrogen and oxygen atoms in total. The lowest BCUT2D eigenvalue weighted by Crippen LogP contribution is -2.43. The molecule has 1 heterocycles. The summed E-state index contributed by atoms with van der Waals surface area (Å²) in [4.78, 5) is 50.3. The van der Waals surface area contributed by atoms with Crippen molar-refractivity contribution in [3.8, 4) is 0 Å². The van der Waals surface area contributed by atoms with E-state index in [9.17, 15) is 19.2 Å². The van der Waals surface area contributed by atoms with Crippen molar-refractivity contribution in [2.45, 2.75) is 52.1 Å². The van der Waals surface area contributed by atoms with E-state index in [1.807, 2.05) is 12.1 Å². The molecule has 3 rings (SSSR count). The van der Waals surface area contributed by atoms with E-state index in [4.69, 9.17) is 4.74 Å². The molecule has 1 fully saturated rings. The highest BCUT2D eigenvalue weighted by Gasteiger charge is 2.38. The van der Waals surface area contributed by atoms with Crippen LogP contribution in [-0.2, 0) is 19.7 Å². The molecule has 2 amide bonds. The number of Topliss-reactive ketones (excluding diaryl/α,β-unsaturated/α-hetero) is 1. The second kappa shape index (κ2) is 9.98. The van der Waals surface area contributed by atoms with Gasteiger partial charge in [-0.15, -0.1) is 0 Å². The van der Waals surface area contributed by atoms with Crippen molar-refractivity contribution in [1.29, 1.82) is 0 Å². The Bertz CT molecular complexity index is 1020. The highest BCUT2D eigenvalue weighted by molar-refractivity contribution is 6.01. The summed E-state index contributed by atoms with van der Waals surface area (Å²) in [7, 11) is 0. The van der Waals surface area contributed by atoms with Gasteiger partial charge in [0.1, 0.15) is 0 Å². The summed E-state index contributed by atoms with van der Waals surface area (Å²) in [5.74, 6) is -2.45. The lowest BCUT2D eigenvalue weighted by molar-refractivity contribution is -0.151. The van der Waals surface area contributed by atoms with Gasteiger partial charge in [-0.3, -0.25) is 29.6 Å². The molecule has 2 aromatic rings. The van der Waals surface area contributed by atoms with Gasteiger partial charge in [0.15, 0.2) is 6.10 Å². The molecule has 174 valence electrons. The zero-order chi connectivity index (χ0) is 24.2. The maximum Gasteiger partial charge on any atom is 0.312 e. The number of hydrogen-bond acceptors (Lipinski definition) is 5. The molecule has 7 heteroatoms. The highest BCUT2D eigenvalue weighted by Crippen LogP contribution is 2.23. The number of esters is 1. The summed E-state index contributed by atoms with van der Waals surface area (Å²) < 4.78 is 5.45. The molecule has 0 saturated carbocycles.